The van der Waals surface area contributed by atoms with Gasteiger partial charge >= 0.3 is 0 Å². The number of benzene rings is 4. The molecule has 0 aliphatic carbocycles. The highest BCUT2D eigenvalue weighted by Gasteiger charge is 2.16. The minimum absolute atomic E-state index is 0.0874. The topological polar surface area (TPSA) is 161 Å². The average Bonchev–Trinajstić information content (AvgIpc) is 3.08. The number of hydrogen-bond donors (Lipinski definition) is 0. The number of hydrogen-bond acceptors (Lipinski definition) is 9. The zero-order chi connectivity index (χ0) is 31.1. The molecule has 5 rings (SSSR count). The quantitative estimate of drug-likeness (QED) is 0.186. The van der Waals surface area contributed by atoms with Gasteiger partial charge in [0.05, 0.1) is 22.3 Å². The summed E-state index contributed by atoms with van der Waals surface area (Å²) >= 11 is 0. The second-order valence-corrected chi connectivity index (χ2v) is 9.18. The van der Waals surface area contributed by atoms with Gasteiger partial charge in [0.15, 0.2) is 0 Å². The maximum atomic E-state index is 13.1. The van der Waals surface area contributed by atoms with E-state index in [-0.39, 0.29) is 45.2 Å². The van der Waals surface area contributed by atoms with E-state index in [9.17, 15) is 20.1 Å². The van der Waals surface area contributed by atoms with E-state index in [0.29, 0.717) is 34.1 Å². The molecule has 1 aromatic heterocycles. The molecule has 9 nitrogen and oxygen atoms in total. The summed E-state index contributed by atoms with van der Waals surface area (Å²) in [6, 6.07) is 34.1. The second kappa shape index (κ2) is 12.6. The molecule has 9 heteroatoms. The van der Waals surface area contributed by atoms with E-state index in [4.69, 9.17) is 20.0 Å². The predicted octanol–water partition coefficient (Wildman–Crippen LogP) is 6.61. The molecule has 5 aromatic rings. The zero-order valence-electron chi connectivity index (χ0n) is 22.7. The Morgan fingerprint density at radius 3 is 1.20 bits per heavy atom. The van der Waals surface area contributed by atoms with Crippen LogP contribution in [0.5, 0.6) is 23.0 Å². The molecule has 0 N–H and O–H groups in total. The van der Waals surface area contributed by atoms with Crippen LogP contribution < -0.4 is 9.47 Å². The molecule has 0 amide bonds. The van der Waals surface area contributed by atoms with Crippen LogP contribution in [0, 0.1) is 45.3 Å². The Bertz CT molecular complexity index is 1940. The Morgan fingerprint density at radius 1 is 0.477 bits per heavy atom. The fourth-order valence-corrected chi connectivity index (χ4v) is 4.16. The Balaban J connectivity index is 1.27. The predicted molar refractivity (Wildman–Crippen MR) is 156 cm³/mol. The first-order valence-electron chi connectivity index (χ1n) is 12.9. The fraction of sp³-hybridized carbons (Fsp3) is 0. The van der Waals surface area contributed by atoms with Crippen LogP contribution in [0.15, 0.2) is 103 Å². The number of carbonyl (C=O) groups is 2. The smallest absolute Gasteiger partial charge is 0.211 e. The third-order valence-electron chi connectivity index (χ3n) is 6.38. The van der Waals surface area contributed by atoms with Crippen molar-refractivity contribution in [2.24, 2.45) is 0 Å². The molecule has 4 aromatic carbocycles. The van der Waals surface area contributed by atoms with Crippen molar-refractivity contribution in [1.82, 2.24) is 4.98 Å². The van der Waals surface area contributed by atoms with Gasteiger partial charge in [0, 0.05) is 11.1 Å². The number of ketones is 2. The number of pyridine rings is 1. The maximum Gasteiger partial charge on any atom is 0.211 e. The number of nitriles is 4. The molecule has 0 bridgehead atoms. The number of aromatic nitrogens is 1. The number of rotatable bonds is 8. The third-order valence-corrected chi connectivity index (χ3v) is 6.38. The molecule has 0 spiro atoms. The SMILES string of the molecule is N#Cc1ccc(Oc2ccc(C(=O)c3cccc(C(=O)c4ccc(Oc5ccc(C#N)c(C#N)c5)cc4)n3)cc2)cc1C#N. The molecule has 0 atom stereocenters. The number of nitrogens with zero attached hydrogens (tertiary/aromatic N) is 5. The first-order chi connectivity index (χ1) is 21.4. The lowest BCUT2D eigenvalue weighted by Crippen LogP contribution is -2.10. The van der Waals surface area contributed by atoms with Crippen molar-refractivity contribution < 1.29 is 19.1 Å². The normalized spacial score (nSPS) is 9.91. The summed E-state index contributed by atoms with van der Waals surface area (Å²) in [7, 11) is 0. The van der Waals surface area contributed by atoms with E-state index in [1.165, 1.54) is 36.4 Å². The van der Waals surface area contributed by atoms with Gasteiger partial charge in [-0.05, 0) is 97.1 Å². The summed E-state index contributed by atoms with van der Waals surface area (Å²) in [5, 5.41) is 36.6. The number of carbonyl (C=O) groups excluding carboxylic acids is 2. The van der Waals surface area contributed by atoms with Gasteiger partial charge in [0.25, 0.3) is 0 Å². The van der Waals surface area contributed by atoms with Crippen molar-refractivity contribution in [3.63, 3.8) is 0 Å². The standard InChI is InChI=1S/C35H17N5O4/c36-18-24-8-14-30(16-26(24)20-38)43-28-10-4-22(5-11-28)34(41)32-2-1-3-33(40-32)35(42)23-6-12-29(13-7-23)44-31-15-9-25(19-37)27(17-31)21-39/h1-17H. The van der Waals surface area contributed by atoms with Crippen LogP contribution in [-0.4, -0.2) is 16.6 Å². The lowest BCUT2D eigenvalue weighted by atomic mass is 10.0. The van der Waals surface area contributed by atoms with Crippen LogP contribution in [0.2, 0.25) is 0 Å². The first-order valence-corrected chi connectivity index (χ1v) is 12.9. The van der Waals surface area contributed by atoms with Crippen molar-refractivity contribution in [3.8, 4) is 47.3 Å². The lowest BCUT2D eigenvalue weighted by Gasteiger charge is -2.08. The molecular weight excluding hydrogens is 554 g/mol. The third kappa shape index (κ3) is 6.14. The first kappa shape index (κ1) is 28.5. The lowest BCUT2D eigenvalue weighted by molar-refractivity contribution is 0.103. The van der Waals surface area contributed by atoms with Crippen LogP contribution in [0.4, 0.5) is 0 Å². The van der Waals surface area contributed by atoms with E-state index in [0.717, 1.165) is 0 Å². The Hall–Kier alpha value is -7.07. The van der Waals surface area contributed by atoms with Gasteiger partial charge in [-0.1, -0.05) is 6.07 Å². The summed E-state index contributed by atoms with van der Waals surface area (Å²) in [6.07, 6.45) is 0. The van der Waals surface area contributed by atoms with Gasteiger partial charge in [0.1, 0.15) is 58.7 Å². The van der Waals surface area contributed by atoms with Crippen molar-refractivity contribution in [3.05, 3.63) is 148 Å². The van der Waals surface area contributed by atoms with E-state index in [1.807, 2.05) is 24.3 Å². The molecule has 0 aliphatic heterocycles. The molecule has 1 heterocycles. The molecule has 0 unspecified atom stereocenters. The van der Waals surface area contributed by atoms with Crippen molar-refractivity contribution in [2.75, 3.05) is 0 Å². The van der Waals surface area contributed by atoms with Gasteiger partial charge < -0.3 is 9.47 Å². The van der Waals surface area contributed by atoms with Crippen molar-refractivity contribution >= 4 is 11.6 Å². The second-order valence-electron chi connectivity index (χ2n) is 9.18. The van der Waals surface area contributed by atoms with E-state index < -0.39 is 0 Å². The Morgan fingerprint density at radius 2 is 0.841 bits per heavy atom. The zero-order valence-corrected chi connectivity index (χ0v) is 22.7. The van der Waals surface area contributed by atoms with Gasteiger partial charge in [-0.2, -0.15) is 21.0 Å². The highest BCUT2D eigenvalue weighted by molar-refractivity contribution is 6.10. The maximum absolute atomic E-state index is 13.1. The Labute approximate surface area is 251 Å². The molecule has 0 saturated carbocycles. The van der Waals surface area contributed by atoms with E-state index >= 15 is 0 Å². The van der Waals surface area contributed by atoms with Crippen molar-refractivity contribution in [2.45, 2.75) is 0 Å². The van der Waals surface area contributed by atoms with Gasteiger partial charge in [0.2, 0.25) is 11.6 Å². The molecule has 0 saturated heterocycles. The Kier molecular flexibility index (Phi) is 8.16. The van der Waals surface area contributed by atoms with Crippen LogP contribution in [0.25, 0.3) is 0 Å². The van der Waals surface area contributed by atoms with E-state index in [1.54, 1.807) is 66.7 Å². The van der Waals surface area contributed by atoms with Gasteiger partial charge in [-0.15, -0.1) is 0 Å². The summed E-state index contributed by atoms with van der Waals surface area (Å²) < 4.78 is 11.5. The fourth-order valence-electron chi connectivity index (χ4n) is 4.16. The summed E-state index contributed by atoms with van der Waals surface area (Å²) in [4.78, 5) is 30.6. The molecular formula is C35H17N5O4. The summed E-state index contributed by atoms with van der Waals surface area (Å²) in [5.41, 5.74) is 1.71. The van der Waals surface area contributed by atoms with Gasteiger partial charge in [-0.3, -0.25) is 9.59 Å². The summed E-state index contributed by atoms with van der Waals surface area (Å²) in [6.45, 7) is 0. The van der Waals surface area contributed by atoms with Crippen LogP contribution >= 0.6 is 0 Å². The molecule has 0 fully saturated rings. The minimum atomic E-state index is -0.390. The van der Waals surface area contributed by atoms with Crippen molar-refractivity contribution in [1.29, 1.82) is 21.0 Å². The largest absolute Gasteiger partial charge is 0.457 e. The highest BCUT2D eigenvalue weighted by atomic mass is 16.5. The molecule has 206 valence electrons. The van der Waals surface area contributed by atoms with E-state index in [2.05, 4.69) is 4.98 Å². The average molecular weight is 572 g/mol. The minimum Gasteiger partial charge on any atom is -0.457 e. The molecule has 44 heavy (non-hydrogen) atoms. The van der Waals surface area contributed by atoms with Gasteiger partial charge in [-0.25, -0.2) is 4.98 Å². The molecule has 0 aliphatic rings. The van der Waals surface area contributed by atoms with Crippen LogP contribution in [0.1, 0.15) is 54.4 Å². The van der Waals surface area contributed by atoms with Crippen LogP contribution in [-0.2, 0) is 0 Å². The highest BCUT2D eigenvalue weighted by Crippen LogP contribution is 2.26. The monoisotopic (exact) mass is 571 g/mol. The molecule has 0 radical (unpaired) electrons. The number of ether oxygens (including phenoxy) is 2. The van der Waals surface area contributed by atoms with Crippen LogP contribution in [0.3, 0.4) is 0 Å². The summed E-state index contributed by atoms with van der Waals surface area (Å²) in [5.74, 6) is 0.802.